The largest absolute Gasteiger partial charge is 0.481 e. The molecular weight excluding hydrogens is 362 g/mol. The van der Waals surface area contributed by atoms with Crippen LogP contribution in [0.1, 0.15) is 15.2 Å². The fourth-order valence-corrected chi connectivity index (χ4v) is 4.34. The van der Waals surface area contributed by atoms with Crippen molar-refractivity contribution < 1.29 is 32.3 Å². The van der Waals surface area contributed by atoms with Gasteiger partial charge in [0, 0.05) is 23.2 Å². The fourth-order valence-electron chi connectivity index (χ4n) is 3.15. The summed E-state index contributed by atoms with van der Waals surface area (Å²) in [5.41, 5.74) is 0.352. The normalized spacial score (nSPS) is 21.1. The Labute approximate surface area is 143 Å². The molecular formula is C16H13F4NO3S. The van der Waals surface area contributed by atoms with Crippen LogP contribution < -0.4 is 0 Å². The number of fused-ring (bicyclic) bond motifs is 1. The number of alkyl halides is 3. The average Bonchev–Trinajstić information content (AvgIpc) is 3.09. The number of hydrogen-bond acceptors (Lipinski definition) is 3. The van der Waals surface area contributed by atoms with Crippen LogP contribution in [0.5, 0.6) is 0 Å². The van der Waals surface area contributed by atoms with Crippen LogP contribution in [0.2, 0.25) is 0 Å². The summed E-state index contributed by atoms with van der Waals surface area (Å²) in [5, 5.41) is 9.30. The molecule has 1 aliphatic rings. The van der Waals surface area contributed by atoms with E-state index in [2.05, 4.69) is 0 Å². The van der Waals surface area contributed by atoms with Crippen molar-refractivity contribution in [3.8, 4) is 0 Å². The highest BCUT2D eigenvalue weighted by Gasteiger charge is 2.53. The van der Waals surface area contributed by atoms with Crippen LogP contribution in [0.15, 0.2) is 18.2 Å². The predicted molar refractivity (Wildman–Crippen MR) is 83.1 cm³/mol. The Morgan fingerprint density at radius 2 is 1.96 bits per heavy atom. The van der Waals surface area contributed by atoms with Gasteiger partial charge in [-0.1, -0.05) is 6.07 Å². The molecule has 0 spiro atoms. The van der Waals surface area contributed by atoms with Crippen molar-refractivity contribution in [2.75, 3.05) is 13.1 Å². The van der Waals surface area contributed by atoms with Gasteiger partial charge in [-0.05, 0) is 24.6 Å². The minimum Gasteiger partial charge on any atom is -0.481 e. The second-order valence-corrected chi connectivity index (χ2v) is 7.02. The quantitative estimate of drug-likeness (QED) is 0.815. The standard InChI is InChI=1S/C16H13F4NO3S/c1-7-12-10(17)3-2-4-11(12)25-13(7)14(22)21-5-8(15(23)24)9(6-21)16(18,19)20/h2-4,8-9H,5-6H2,1H3,(H,23,24)/t8-,9-/m1/s1. The summed E-state index contributed by atoms with van der Waals surface area (Å²) in [6, 6.07) is 4.35. The van der Waals surface area contributed by atoms with Gasteiger partial charge < -0.3 is 10.0 Å². The minimum absolute atomic E-state index is 0.132. The molecule has 2 atom stereocenters. The number of aryl methyl sites for hydroxylation is 1. The number of hydrogen-bond donors (Lipinski definition) is 1. The van der Waals surface area contributed by atoms with Crippen molar-refractivity contribution in [1.82, 2.24) is 4.90 Å². The highest BCUT2D eigenvalue weighted by Crippen LogP contribution is 2.40. The van der Waals surface area contributed by atoms with Crippen molar-refractivity contribution in [2.45, 2.75) is 13.1 Å². The van der Waals surface area contributed by atoms with Gasteiger partial charge in [0.1, 0.15) is 5.82 Å². The summed E-state index contributed by atoms with van der Waals surface area (Å²) >= 11 is 0.991. The van der Waals surface area contributed by atoms with Gasteiger partial charge in [-0.2, -0.15) is 13.2 Å². The molecule has 0 radical (unpaired) electrons. The number of thiophene rings is 1. The van der Waals surface area contributed by atoms with E-state index in [-0.39, 0.29) is 10.3 Å². The minimum atomic E-state index is -4.71. The second kappa shape index (κ2) is 5.98. The van der Waals surface area contributed by atoms with Gasteiger partial charge in [0.15, 0.2) is 0 Å². The Morgan fingerprint density at radius 1 is 1.28 bits per heavy atom. The Kier molecular flexibility index (Phi) is 4.22. The maximum atomic E-state index is 13.9. The molecule has 25 heavy (non-hydrogen) atoms. The maximum Gasteiger partial charge on any atom is 0.394 e. The van der Waals surface area contributed by atoms with Crippen LogP contribution in [0.25, 0.3) is 10.1 Å². The van der Waals surface area contributed by atoms with Gasteiger partial charge in [0.25, 0.3) is 5.91 Å². The van der Waals surface area contributed by atoms with E-state index in [0.717, 1.165) is 16.2 Å². The lowest BCUT2D eigenvalue weighted by molar-refractivity contribution is -0.187. The summed E-state index contributed by atoms with van der Waals surface area (Å²) in [4.78, 5) is 24.8. The van der Waals surface area contributed by atoms with Gasteiger partial charge >= 0.3 is 12.1 Å². The number of carboxylic acids is 1. The third-order valence-corrected chi connectivity index (χ3v) is 5.69. The number of rotatable bonds is 2. The molecule has 1 N–H and O–H groups in total. The van der Waals surface area contributed by atoms with Crippen molar-refractivity contribution in [1.29, 1.82) is 0 Å². The lowest BCUT2D eigenvalue weighted by atomic mass is 9.96. The number of benzene rings is 1. The third kappa shape index (κ3) is 2.97. The van der Waals surface area contributed by atoms with Crippen LogP contribution >= 0.6 is 11.3 Å². The lowest BCUT2D eigenvalue weighted by Gasteiger charge is -2.18. The van der Waals surface area contributed by atoms with E-state index in [1.807, 2.05) is 0 Å². The van der Waals surface area contributed by atoms with E-state index in [1.54, 1.807) is 6.07 Å². The van der Waals surface area contributed by atoms with Crippen molar-refractivity contribution >= 4 is 33.3 Å². The monoisotopic (exact) mass is 375 g/mol. The topological polar surface area (TPSA) is 57.6 Å². The Balaban J connectivity index is 1.96. The summed E-state index contributed by atoms with van der Waals surface area (Å²) in [5.74, 6) is -6.60. The first-order chi connectivity index (χ1) is 11.6. The molecule has 3 rings (SSSR count). The number of carbonyl (C=O) groups is 2. The average molecular weight is 375 g/mol. The Bertz CT molecular complexity index is 861. The molecule has 1 saturated heterocycles. The number of amides is 1. The molecule has 134 valence electrons. The fraction of sp³-hybridized carbons (Fsp3) is 0.375. The maximum absolute atomic E-state index is 13.9. The van der Waals surface area contributed by atoms with Gasteiger partial charge in [0.05, 0.1) is 16.7 Å². The summed E-state index contributed by atoms with van der Waals surface area (Å²) in [6.45, 7) is 0.297. The van der Waals surface area contributed by atoms with Crippen LogP contribution in [0, 0.1) is 24.6 Å². The number of halogens is 4. The molecule has 1 fully saturated rings. The smallest absolute Gasteiger partial charge is 0.394 e. The molecule has 1 aromatic heterocycles. The van der Waals surface area contributed by atoms with E-state index in [1.165, 1.54) is 19.1 Å². The van der Waals surface area contributed by atoms with Crippen LogP contribution in [-0.2, 0) is 4.79 Å². The van der Waals surface area contributed by atoms with Gasteiger partial charge in [-0.15, -0.1) is 11.3 Å². The van der Waals surface area contributed by atoms with Gasteiger partial charge in [0.2, 0.25) is 0 Å². The number of likely N-dealkylation sites (tertiary alicyclic amines) is 1. The SMILES string of the molecule is Cc1c(C(=O)N2C[C@@H](C(F)(F)F)[C@H](C(=O)O)C2)sc2cccc(F)c12. The van der Waals surface area contributed by atoms with Crippen LogP contribution in [-0.4, -0.2) is 41.1 Å². The van der Waals surface area contributed by atoms with E-state index < -0.39 is 48.8 Å². The zero-order chi connectivity index (χ0) is 18.5. The molecule has 1 amide bonds. The lowest BCUT2D eigenvalue weighted by Crippen LogP contribution is -2.34. The zero-order valence-electron chi connectivity index (χ0n) is 12.9. The molecule has 0 saturated carbocycles. The summed E-state index contributed by atoms with van der Waals surface area (Å²) in [6.07, 6.45) is -4.71. The highest BCUT2D eigenvalue weighted by atomic mass is 32.1. The van der Waals surface area contributed by atoms with Crippen molar-refractivity contribution in [2.24, 2.45) is 11.8 Å². The number of nitrogens with zero attached hydrogens (tertiary/aromatic N) is 1. The molecule has 4 nitrogen and oxygen atoms in total. The Morgan fingerprint density at radius 3 is 2.48 bits per heavy atom. The Hall–Kier alpha value is -2.16. The van der Waals surface area contributed by atoms with Gasteiger partial charge in [-0.25, -0.2) is 4.39 Å². The molecule has 2 heterocycles. The number of aliphatic carboxylic acids is 1. The third-order valence-electron chi connectivity index (χ3n) is 4.44. The van der Waals surface area contributed by atoms with Gasteiger partial charge in [-0.3, -0.25) is 9.59 Å². The van der Waals surface area contributed by atoms with E-state index in [0.29, 0.717) is 10.3 Å². The van der Waals surface area contributed by atoms with E-state index in [4.69, 9.17) is 5.11 Å². The van der Waals surface area contributed by atoms with Crippen molar-refractivity contribution in [3.63, 3.8) is 0 Å². The molecule has 0 bridgehead atoms. The first-order valence-corrected chi connectivity index (χ1v) is 8.19. The first-order valence-electron chi connectivity index (χ1n) is 7.37. The molecule has 9 heteroatoms. The molecule has 0 unspecified atom stereocenters. The number of carbonyl (C=O) groups excluding carboxylic acids is 1. The molecule has 2 aromatic rings. The molecule has 0 aliphatic carbocycles. The predicted octanol–water partition coefficient (Wildman–Crippen LogP) is 3.68. The highest BCUT2D eigenvalue weighted by molar-refractivity contribution is 7.21. The zero-order valence-corrected chi connectivity index (χ0v) is 13.7. The first kappa shape index (κ1) is 17.7. The van der Waals surface area contributed by atoms with E-state index in [9.17, 15) is 27.2 Å². The van der Waals surface area contributed by atoms with Crippen LogP contribution in [0.3, 0.4) is 0 Å². The summed E-state index contributed by atoms with van der Waals surface area (Å²) < 4.78 is 53.6. The van der Waals surface area contributed by atoms with Crippen LogP contribution in [0.4, 0.5) is 17.6 Å². The number of carboxylic acid groups (broad SMARTS) is 1. The molecule has 1 aromatic carbocycles. The molecule has 1 aliphatic heterocycles. The van der Waals surface area contributed by atoms with E-state index >= 15 is 0 Å². The summed E-state index contributed by atoms with van der Waals surface area (Å²) in [7, 11) is 0. The van der Waals surface area contributed by atoms with Crippen molar-refractivity contribution in [3.05, 3.63) is 34.5 Å². The second-order valence-electron chi connectivity index (χ2n) is 5.97.